The van der Waals surface area contributed by atoms with Gasteiger partial charge in [0, 0.05) is 19.1 Å². The molecule has 0 amide bonds. The van der Waals surface area contributed by atoms with Gasteiger partial charge in [0.1, 0.15) is 18.1 Å². The summed E-state index contributed by atoms with van der Waals surface area (Å²) in [5, 5.41) is 0. The summed E-state index contributed by atoms with van der Waals surface area (Å²) in [6.45, 7) is 9.37. The largest absolute Gasteiger partial charge is 0.497 e. The first-order valence-electron chi connectivity index (χ1n) is 12.1. The van der Waals surface area contributed by atoms with Crippen molar-refractivity contribution in [1.82, 2.24) is 4.31 Å². The second-order valence-electron chi connectivity index (χ2n) is 9.15. The molecule has 0 bridgehead atoms. The van der Waals surface area contributed by atoms with Crippen molar-refractivity contribution in [1.29, 1.82) is 0 Å². The van der Waals surface area contributed by atoms with E-state index in [0.717, 1.165) is 22.4 Å². The monoisotopic (exact) mass is 508 g/mol. The van der Waals surface area contributed by atoms with Gasteiger partial charge in [-0.15, -0.1) is 0 Å². The molecule has 7 heteroatoms. The Hall–Kier alpha value is -3.13. The summed E-state index contributed by atoms with van der Waals surface area (Å²) in [7, 11) is -2.12. The molecule has 0 saturated heterocycles. The molecule has 0 unspecified atom stereocenters. The Kier molecular flexibility index (Phi) is 9.70. The molecule has 1 atom stereocenters. The van der Waals surface area contributed by atoms with E-state index in [4.69, 9.17) is 15.2 Å². The number of hydrogen-bond donors (Lipinski definition) is 1. The van der Waals surface area contributed by atoms with Crippen molar-refractivity contribution < 1.29 is 17.9 Å². The first-order valence-corrected chi connectivity index (χ1v) is 13.5. The van der Waals surface area contributed by atoms with Crippen molar-refractivity contribution in [3.63, 3.8) is 0 Å². The van der Waals surface area contributed by atoms with Crippen LogP contribution in [-0.4, -0.2) is 39.0 Å². The Morgan fingerprint density at radius 3 is 2.14 bits per heavy atom. The summed E-state index contributed by atoms with van der Waals surface area (Å²) in [4.78, 5) is 0.238. The lowest BCUT2D eigenvalue weighted by Crippen LogP contribution is -2.37. The quantitative estimate of drug-likeness (QED) is 0.337. The summed E-state index contributed by atoms with van der Waals surface area (Å²) >= 11 is 0. The van der Waals surface area contributed by atoms with Gasteiger partial charge in [-0.05, 0) is 65.4 Å². The van der Waals surface area contributed by atoms with Crippen molar-refractivity contribution in [3.05, 3.63) is 96.6 Å². The minimum atomic E-state index is -3.67. The van der Waals surface area contributed by atoms with Crippen LogP contribution in [0.4, 0.5) is 0 Å². The van der Waals surface area contributed by atoms with E-state index in [1.54, 1.807) is 31.4 Å². The molecule has 3 aromatic carbocycles. The molecule has 192 valence electrons. The summed E-state index contributed by atoms with van der Waals surface area (Å²) < 4.78 is 39.2. The van der Waals surface area contributed by atoms with Gasteiger partial charge in [0.2, 0.25) is 10.0 Å². The lowest BCUT2D eigenvalue weighted by atomic mass is 9.98. The molecular formula is C29H36N2O4S. The van der Waals surface area contributed by atoms with Crippen molar-refractivity contribution in [2.75, 3.05) is 20.2 Å². The van der Waals surface area contributed by atoms with Crippen molar-refractivity contribution in [3.8, 4) is 11.5 Å². The molecule has 6 nitrogen and oxygen atoms in total. The summed E-state index contributed by atoms with van der Waals surface area (Å²) in [5.74, 6) is 1.54. The van der Waals surface area contributed by atoms with Crippen LogP contribution in [0.2, 0.25) is 0 Å². The van der Waals surface area contributed by atoms with Crippen LogP contribution in [0.3, 0.4) is 0 Å². The Labute approximate surface area is 215 Å². The van der Waals surface area contributed by atoms with Crippen molar-refractivity contribution in [2.45, 2.75) is 37.8 Å². The predicted octanol–water partition coefficient (Wildman–Crippen LogP) is 5.35. The summed E-state index contributed by atoms with van der Waals surface area (Å²) in [6.07, 6.45) is 0.452. The first kappa shape index (κ1) is 27.5. The maximum Gasteiger partial charge on any atom is 0.243 e. The van der Waals surface area contributed by atoms with E-state index in [-0.39, 0.29) is 16.9 Å². The van der Waals surface area contributed by atoms with E-state index in [2.05, 4.69) is 6.58 Å². The highest BCUT2D eigenvalue weighted by Gasteiger charge is 2.26. The van der Waals surface area contributed by atoms with Crippen LogP contribution in [0.15, 0.2) is 90.3 Å². The van der Waals surface area contributed by atoms with Gasteiger partial charge in [-0.3, -0.25) is 0 Å². The Morgan fingerprint density at radius 2 is 1.56 bits per heavy atom. The molecule has 0 aliphatic rings. The number of nitrogens with two attached hydrogens (primary N) is 1. The zero-order valence-corrected chi connectivity index (χ0v) is 22.1. The topological polar surface area (TPSA) is 81.9 Å². The van der Waals surface area contributed by atoms with E-state index in [1.165, 1.54) is 4.31 Å². The molecule has 0 heterocycles. The smallest absolute Gasteiger partial charge is 0.243 e. The zero-order chi connectivity index (χ0) is 26.1. The fourth-order valence-electron chi connectivity index (χ4n) is 3.79. The normalized spacial score (nSPS) is 12.5. The van der Waals surface area contributed by atoms with E-state index in [1.807, 2.05) is 68.4 Å². The minimum absolute atomic E-state index is 0.167. The van der Waals surface area contributed by atoms with Crippen LogP contribution < -0.4 is 15.2 Å². The number of rotatable bonds is 13. The minimum Gasteiger partial charge on any atom is -0.497 e. The van der Waals surface area contributed by atoms with Gasteiger partial charge in [0.25, 0.3) is 0 Å². The molecule has 36 heavy (non-hydrogen) atoms. The van der Waals surface area contributed by atoms with Gasteiger partial charge in [-0.25, -0.2) is 8.42 Å². The van der Waals surface area contributed by atoms with E-state index in [0.29, 0.717) is 31.9 Å². The number of ether oxygens (including phenoxy) is 2. The summed E-state index contributed by atoms with van der Waals surface area (Å²) in [6, 6.07) is 23.7. The highest BCUT2D eigenvalue weighted by atomic mass is 32.2. The fraction of sp³-hybridized carbons (Fsp3) is 0.310. The molecule has 0 aliphatic carbocycles. The third-order valence-corrected chi connectivity index (χ3v) is 7.76. The second kappa shape index (κ2) is 12.7. The SMILES string of the molecule is C=C(c1ccc(OCc2ccccc2)cc1)[C@H](N)CCN(CC(C)C)S(=O)(=O)c1ccc(OC)cc1. The molecule has 2 N–H and O–H groups in total. The third kappa shape index (κ3) is 7.43. The Balaban J connectivity index is 1.62. The van der Waals surface area contributed by atoms with E-state index < -0.39 is 10.0 Å². The second-order valence-corrected chi connectivity index (χ2v) is 11.1. The van der Waals surface area contributed by atoms with Crippen LogP contribution in [0, 0.1) is 5.92 Å². The maximum atomic E-state index is 13.3. The van der Waals surface area contributed by atoms with Gasteiger partial charge in [-0.1, -0.05) is 62.9 Å². The van der Waals surface area contributed by atoms with E-state index >= 15 is 0 Å². The average molecular weight is 509 g/mol. The molecule has 3 rings (SSSR count). The number of benzene rings is 3. The van der Waals surface area contributed by atoms with Gasteiger partial charge >= 0.3 is 0 Å². The number of nitrogens with zero attached hydrogens (tertiary/aromatic N) is 1. The van der Waals surface area contributed by atoms with Gasteiger partial charge < -0.3 is 15.2 Å². The number of methoxy groups -OCH3 is 1. The third-order valence-electron chi connectivity index (χ3n) is 5.88. The number of hydrogen-bond acceptors (Lipinski definition) is 5. The molecule has 0 spiro atoms. The fourth-order valence-corrected chi connectivity index (χ4v) is 5.41. The highest BCUT2D eigenvalue weighted by Crippen LogP contribution is 2.24. The molecule has 0 radical (unpaired) electrons. The van der Waals surface area contributed by atoms with Crippen LogP contribution in [-0.2, 0) is 16.6 Å². The van der Waals surface area contributed by atoms with Gasteiger partial charge in [-0.2, -0.15) is 4.31 Å². The molecule has 0 fully saturated rings. The highest BCUT2D eigenvalue weighted by molar-refractivity contribution is 7.89. The number of sulfonamides is 1. The van der Waals surface area contributed by atoms with Gasteiger partial charge in [0.15, 0.2) is 0 Å². The first-order chi connectivity index (χ1) is 17.2. The lowest BCUT2D eigenvalue weighted by molar-refractivity contribution is 0.306. The Bertz CT molecular complexity index is 1210. The van der Waals surface area contributed by atoms with E-state index in [9.17, 15) is 8.42 Å². The summed E-state index contributed by atoms with van der Waals surface area (Å²) in [5.41, 5.74) is 9.22. The van der Waals surface area contributed by atoms with Crippen LogP contribution in [0.25, 0.3) is 5.57 Å². The van der Waals surface area contributed by atoms with Gasteiger partial charge in [0.05, 0.1) is 12.0 Å². The van der Waals surface area contributed by atoms with Crippen molar-refractivity contribution in [2.24, 2.45) is 11.7 Å². The van der Waals surface area contributed by atoms with Crippen LogP contribution >= 0.6 is 0 Å². The zero-order valence-electron chi connectivity index (χ0n) is 21.3. The van der Waals surface area contributed by atoms with Crippen LogP contribution in [0.5, 0.6) is 11.5 Å². The molecule has 3 aromatic rings. The molecule has 0 aromatic heterocycles. The van der Waals surface area contributed by atoms with Crippen molar-refractivity contribution >= 4 is 15.6 Å². The molecule has 0 aliphatic heterocycles. The average Bonchev–Trinajstić information content (AvgIpc) is 2.89. The molecule has 0 saturated carbocycles. The lowest BCUT2D eigenvalue weighted by Gasteiger charge is -2.26. The molecular weight excluding hydrogens is 472 g/mol. The standard InChI is InChI=1S/C29H36N2O4S/c1-22(2)20-31(36(32,33)28-16-14-26(34-4)15-17-28)19-18-29(30)23(3)25-10-12-27(13-11-25)35-21-24-8-6-5-7-9-24/h5-17,22,29H,3,18-21,30H2,1-2,4H3/t29-/m1/s1. The van der Waals surface area contributed by atoms with Crippen LogP contribution in [0.1, 0.15) is 31.4 Å². The maximum absolute atomic E-state index is 13.3. The predicted molar refractivity (Wildman–Crippen MR) is 145 cm³/mol. The Morgan fingerprint density at radius 1 is 0.944 bits per heavy atom.